The van der Waals surface area contributed by atoms with E-state index in [-0.39, 0.29) is 5.82 Å². The van der Waals surface area contributed by atoms with Crippen LogP contribution in [0.1, 0.15) is 71.9 Å². The lowest BCUT2D eigenvalue weighted by atomic mass is 9.69. The van der Waals surface area contributed by atoms with E-state index in [9.17, 15) is 4.39 Å². The Labute approximate surface area is 499 Å². The summed E-state index contributed by atoms with van der Waals surface area (Å²) >= 11 is 0. The number of hydrogen-bond acceptors (Lipinski definition) is 3. The normalized spacial score (nSPS) is 13.3. The average molecular weight is 1110 g/mol. The molecule has 4 nitrogen and oxygen atoms in total. The Hall–Kier alpha value is -9.97. The molecule has 1 aliphatic carbocycles. The second kappa shape index (κ2) is 24.5. The van der Waals surface area contributed by atoms with E-state index < -0.39 is 5.41 Å². The van der Waals surface area contributed by atoms with Crippen molar-refractivity contribution in [1.82, 2.24) is 4.57 Å². The van der Waals surface area contributed by atoms with E-state index in [1.54, 1.807) is 0 Å². The van der Waals surface area contributed by atoms with E-state index in [0.717, 1.165) is 129 Å². The van der Waals surface area contributed by atoms with Crippen LogP contribution in [-0.2, 0) is 11.8 Å². The zero-order valence-electron chi connectivity index (χ0n) is 47.8. The Bertz CT molecular complexity index is 4280. The molecule has 0 spiro atoms. The van der Waals surface area contributed by atoms with Crippen molar-refractivity contribution in [2.24, 2.45) is 0 Å². The minimum absolute atomic E-state index is 0.247. The lowest BCUT2D eigenvalue weighted by Crippen LogP contribution is -2.27. The van der Waals surface area contributed by atoms with Gasteiger partial charge in [0.05, 0.1) is 24.2 Å². The number of hydrogen-bond donors (Lipinski definition) is 0. The number of aryl methyl sites for hydroxylation is 1. The summed E-state index contributed by atoms with van der Waals surface area (Å²) in [6.07, 6.45) is 10.8. The minimum atomic E-state index is -0.391. The average Bonchev–Trinajstić information content (AvgIpc) is 2.84. The molecule has 1 atom stereocenters. The largest absolute Gasteiger partial charge is 0.494 e. The fraction of sp³-hybridized carbons (Fsp3) is 0.125. The molecule has 1 unspecified atom stereocenters. The van der Waals surface area contributed by atoms with Gasteiger partial charge < -0.3 is 18.9 Å². The second-order valence-corrected chi connectivity index (χ2v) is 22.2. The van der Waals surface area contributed by atoms with Crippen molar-refractivity contribution in [3.05, 3.63) is 313 Å². The Morgan fingerprint density at radius 1 is 0.424 bits per heavy atom. The van der Waals surface area contributed by atoms with Crippen molar-refractivity contribution in [2.75, 3.05) is 18.1 Å². The van der Waals surface area contributed by atoms with Crippen molar-refractivity contribution in [2.45, 2.75) is 50.4 Å². The number of benzene rings is 11. The topological polar surface area (TPSA) is 26.6 Å². The molecule has 13 rings (SSSR count). The highest BCUT2D eigenvalue weighted by Crippen LogP contribution is 2.56. The zero-order valence-corrected chi connectivity index (χ0v) is 47.8. The van der Waals surface area contributed by atoms with Crippen LogP contribution in [-0.4, -0.2) is 17.8 Å². The molecule has 5 heteroatoms. The number of aromatic nitrogens is 1. The molecule has 0 bridgehead atoms. The smallest absolute Gasteiger partial charge is 0.123 e. The standard InChI is InChI=1S/C80H67FN2O2/c1-3-57-25-27-59(28-26-57)18-17-51-80(64-19-9-7-10-20-64)76-24-14-13-23-72(76)73-48-44-69(55-77(73)80)82(67-40-33-61(34-41-67)60-31-38-65(81)39-32-60)68-42-35-62(36-43-68)63-37-49-78-74(54-63)75-56-71(47-50-79(75)83(78)66-21-11-8-12-22-66)85-53-16-6-5-15-52-84-70-45-29-58(4-2)30-46-70/h3-4,7-14,19-50,54-56H,1-2,5-6,15-18,51-53H2. The first-order chi connectivity index (χ1) is 41.9. The molecule has 0 aliphatic heterocycles. The molecule has 1 heterocycles. The SMILES string of the molecule is C=Cc1ccc(CCCC2(c3ccccc3)c3ccccc3-c3ccc(N(c4ccc(-c5ccc(F)cc5)cc4)c4ccc(-c5ccc6c(c5)c5cc(OCCCCCCOc7ccc(C=C)cc7)ccc5n6-c5ccccc5)cc4)cc32)cc1. The molecule has 11 aromatic carbocycles. The third kappa shape index (κ3) is 11.1. The minimum Gasteiger partial charge on any atom is -0.494 e. The van der Waals surface area contributed by atoms with Crippen LogP contribution in [0.4, 0.5) is 21.5 Å². The van der Waals surface area contributed by atoms with Crippen LogP contribution >= 0.6 is 0 Å². The quantitative estimate of drug-likeness (QED) is 0.0633. The third-order valence-electron chi connectivity index (χ3n) is 17.1. The summed E-state index contributed by atoms with van der Waals surface area (Å²) in [4.78, 5) is 2.39. The van der Waals surface area contributed by atoms with E-state index in [1.165, 1.54) is 50.9 Å². The van der Waals surface area contributed by atoms with Gasteiger partial charge in [0, 0.05) is 38.9 Å². The molecule has 416 valence electrons. The monoisotopic (exact) mass is 1110 g/mol. The maximum absolute atomic E-state index is 14.1. The van der Waals surface area contributed by atoms with E-state index in [2.05, 4.69) is 235 Å². The van der Waals surface area contributed by atoms with E-state index in [0.29, 0.717) is 13.2 Å². The van der Waals surface area contributed by atoms with Crippen molar-refractivity contribution in [3.63, 3.8) is 0 Å². The van der Waals surface area contributed by atoms with Gasteiger partial charge >= 0.3 is 0 Å². The molecule has 0 fully saturated rings. The predicted molar refractivity (Wildman–Crippen MR) is 354 cm³/mol. The predicted octanol–water partition coefficient (Wildman–Crippen LogP) is 21.4. The number of fused-ring (bicyclic) bond motifs is 6. The summed E-state index contributed by atoms with van der Waals surface area (Å²) in [5.41, 5.74) is 20.4. The van der Waals surface area contributed by atoms with E-state index in [4.69, 9.17) is 9.47 Å². The van der Waals surface area contributed by atoms with Gasteiger partial charge in [-0.1, -0.05) is 183 Å². The van der Waals surface area contributed by atoms with Crippen LogP contribution in [0.2, 0.25) is 0 Å². The molecular weight excluding hydrogens is 1040 g/mol. The number of unbranched alkanes of at least 4 members (excludes halogenated alkanes) is 3. The van der Waals surface area contributed by atoms with Crippen LogP contribution in [0.15, 0.2) is 274 Å². The Morgan fingerprint density at radius 3 is 1.60 bits per heavy atom. The van der Waals surface area contributed by atoms with Crippen molar-refractivity contribution in [3.8, 4) is 50.6 Å². The highest BCUT2D eigenvalue weighted by atomic mass is 19.1. The maximum Gasteiger partial charge on any atom is 0.123 e. The van der Waals surface area contributed by atoms with Crippen LogP contribution in [0.25, 0.3) is 73.0 Å². The van der Waals surface area contributed by atoms with Crippen LogP contribution in [0.3, 0.4) is 0 Å². The first-order valence-electron chi connectivity index (χ1n) is 29.8. The fourth-order valence-electron chi connectivity index (χ4n) is 12.8. The lowest BCUT2D eigenvalue weighted by molar-refractivity contribution is 0.288. The van der Waals surface area contributed by atoms with Gasteiger partial charge in [0.15, 0.2) is 0 Å². The summed E-state index contributed by atoms with van der Waals surface area (Å²) in [7, 11) is 0. The zero-order chi connectivity index (χ0) is 57.5. The number of rotatable bonds is 22. The Kier molecular flexibility index (Phi) is 15.6. The first kappa shape index (κ1) is 54.3. The maximum atomic E-state index is 14.1. The molecule has 0 saturated heterocycles. The summed E-state index contributed by atoms with van der Waals surface area (Å²) in [6, 6.07) is 92.6. The fourth-order valence-corrected chi connectivity index (χ4v) is 12.8. The van der Waals surface area contributed by atoms with E-state index in [1.807, 2.05) is 48.6 Å². The second-order valence-electron chi connectivity index (χ2n) is 22.2. The Morgan fingerprint density at radius 2 is 0.941 bits per heavy atom. The van der Waals surface area contributed by atoms with Gasteiger partial charge in [-0.15, -0.1) is 0 Å². The molecule has 0 amide bonds. The number of nitrogens with zero attached hydrogens (tertiary/aromatic N) is 2. The number of halogens is 1. The number of ether oxygens (including phenoxy) is 2. The molecule has 0 radical (unpaired) electrons. The lowest BCUT2D eigenvalue weighted by Gasteiger charge is -2.34. The van der Waals surface area contributed by atoms with Crippen LogP contribution in [0.5, 0.6) is 11.5 Å². The highest BCUT2D eigenvalue weighted by Gasteiger charge is 2.44. The molecular formula is C80H67FN2O2. The van der Waals surface area contributed by atoms with Crippen molar-refractivity contribution < 1.29 is 13.9 Å². The highest BCUT2D eigenvalue weighted by molar-refractivity contribution is 6.11. The first-order valence-corrected chi connectivity index (χ1v) is 29.8. The van der Waals surface area contributed by atoms with Crippen LogP contribution in [0, 0.1) is 5.82 Å². The summed E-state index contributed by atoms with van der Waals surface area (Å²) in [6.45, 7) is 9.17. The summed E-state index contributed by atoms with van der Waals surface area (Å²) < 4.78 is 28.9. The van der Waals surface area contributed by atoms with Crippen molar-refractivity contribution >= 4 is 51.0 Å². The molecule has 1 aliphatic rings. The Balaban J connectivity index is 0.828. The number of anilines is 3. The van der Waals surface area contributed by atoms with Gasteiger partial charge in [0.25, 0.3) is 0 Å². The molecule has 0 saturated carbocycles. The molecule has 12 aromatic rings. The van der Waals surface area contributed by atoms with E-state index >= 15 is 0 Å². The van der Waals surface area contributed by atoms with Gasteiger partial charge in [-0.3, -0.25) is 0 Å². The molecule has 1 aromatic heterocycles. The third-order valence-corrected chi connectivity index (χ3v) is 17.1. The van der Waals surface area contributed by atoms with Gasteiger partial charge in [0.2, 0.25) is 0 Å². The summed E-state index contributed by atoms with van der Waals surface area (Å²) in [5.74, 6) is 1.52. The van der Waals surface area contributed by atoms with Gasteiger partial charge in [0.1, 0.15) is 17.3 Å². The van der Waals surface area contributed by atoms with Gasteiger partial charge in [-0.2, -0.15) is 0 Å². The number of para-hydroxylation sites is 1. The summed E-state index contributed by atoms with van der Waals surface area (Å²) in [5, 5.41) is 2.32. The van der Waals surface area contributed by atoms with Gasteiger partial charge in [-0.25, -0.2) is 4.39 Å². The molecule has 85 heavy (non-hydrogen) atoms. The van der Waals surface area contributed by atoms with Gasteiger partial charge in [-0.05, 0) is 215 Å². The van der Waals surface area contributed by atoms with Crippen LogP contribution < -0.4 is 14.4 Å². The van der Waals surface area contributed by atoms with Crippen molar-refractivity contribution in [1.29, 1.82) is 0 Å². The molecule has 0 N–H and O–H groups in total.